The van der Waals surface area contributed by atoms with Gasteiger partial charge in [-0.15, -0.1) is 0 Å². The van der Waals surface area contributed by atoms with Crippen LogP contribution >= 0.6 is 24.0 Å². The molecule has 3 rings (SSSR count). The van der Waals surface area contributed by atoms with Crippen molar-refractivity contribution in [3.05, 3.63) is 23.0 Å². The molecule has 0 unspecified atom stereocenters. The lowest BCUT2D eigenvalue weighted by molar-refractivity contribution is 0.320. The van der Waals surface area contributed by atoms with E-state index in [9.17, 15) is 0 Å². The molecule has 1 fully saturated rings. The molecule has 1 aromatic carbocycles. The largest absolute Gasteiger partial charge is 0.491 e. The zero-order valence-corrected chi connectivity index (χ0v) is 13.4. The number of thioether (sulfide) groups is 1. The minimum Gasteiger partial charge on any atom is -0.491 e. The Labute approximate surface area is 128 Å². The van der Waals surface area contributed by atoms with Crippen molar-refractivity contribution in [2.45, 2.75) is 32.2 Å². The number of nitrogens with zero attached hydrogens (tertiary/aromatic N) is 1. The van der Waals surface area contributed by atoms with E-state index in [-0.39, 0.29) is 0 Å². The van der Waals surface area contributed by atoms with Gasteiger partial charge in [0.05, 0.1) is 12.1 Å². The molecule has 5 heteroatoms. The van der Waals surface area contributed by atoms with Crippen molar-refractivity contribution in [2.24, 2.45) is 0 Å². The Hall–Kier alpha value is -0.940. The molecule has 0 amide bonds. The monoisotopic (exact) mass is 308 g/mol. The Morgan fingerprint density at radius 1 is 1.40 bits per heavy atom. The fourth-order valence-electron chi connectivity index (χ4n) is 2.76. The predicted octanol–water partition coefficient (Wildman–Crippen LogP) is 4.56. The van der Waals surface area contributed by atoms with E-state index in [2.05, 4.69) is 28.6 Å². The van der Waals surface area contributed by atoms with Crippen LogP contribution in [0.25, 0.3) is 11.0 Å². The fourth-order valence-corrected chi connectivity index (χ4v) is 4.19. The average molecular weight is 308 g/mol. The second-order valence-corrected chi connectivity index (χ2v) is 6.75. The summed E-state index contributed by atoms with van der Waals surface area (Å²) in [6.07, 6.45) is 3.41. The number of fused-ring (bicyclic) bond motifs is 1. The summed E-state index contributed by atoms with van der Waals surface area (Å²) in [5, 5.41) is 0. The van der Waals surface area contributed by atoms with Gasteiger partial charge in [0.1, 0.15) is 11.3 Å². The molecule has 0 bridgehead atoms. The molecule has 1 aliphatic heterocycles. The van der Waals surface area contributed by atoms with Gasteiger partial charge in [-0.1, -0.05) is 13.0 Å². The first-order valence-corrected chi connectivity index (χ1v) is 8.81. The molecular weight excluding hydrogens is 288 g/mol. The summed E-state index contributed by atoms with van der Waals surface area (Å²) in [5.41, 5.74) is 2.23. The lowest BCUT2D eigenvalue weighted by Crippen LogP contribution is -2.15. The first kappa shape index (κ1) is 14.0. The van der Waals surface area contributed by atoms with Gasteiger partial charge >= 0.3 is 0 Å². The smallest absolute Gasteiger partial charge is 0.178 e. The molecule has 1 aliphatic rings. The van der Waals surface area contributed by atoms with E-state index in [0.717, 1.165) is 29.1 Å². The average Bonchev–Trinajstić information content (AvgIpc) is 2.82. The maximum atomic E-state index is 5.83. The summed E-state index contributed by atoms with van der Waals surface area (Å²) in [4.78, 5) is 3.35. The van der Waals surface area contributed by atoms with Gasteiger partial charge in [0, 0.05) is 6.04 Å². The van der Waals surface area contributed by atoms with Crippen LogP contribution in [0.1, 0.15) is 32.2 Å². The Morgan fingerprint density at radius 3 is 2.95 bits per heavy atom. The minimum absolute atomic E-state index is 0.527. The molecule has 1 saturated heterocycles. The summed E-state index contributed by atoms with van der Waals surface area (Å²) in [6.45, 7) is 2.86. The van der Waals surface area contributed by atoms with E-state index in [1.54, 1.807) is 0 Å². The van der Waals surface area contributed by atoms with Crippen LogP contribution in [-0.2, 0) is 0 Å². The number of hydrogen-bond acceptors (Lipinski definition) is 3. The summed E-state index contributed by atoms with van der Waals surface area (Å²) in [7, 11) is 0. The Morgan fingerprint density at radius 2 is 2.20 bits per heavy atom. The summed E-state index contributed by atoms with van der Waals surface area (Å²) >= 11 is 7.59. The molecule has 0 radical (unpaired) electrons. The molecule has 0 spiro atoms. The first-order valence-electron chi connectivity index (χ1n) is 7.25. The number of ether oxygens (including phenoxy) is 1. The number of rotatable bonds is 4. The predicted molar refractivity (Wildman–Crippen MR) is 88.5 cm³/mol. The zero-order chi connectivity index (χ0) is 13.9. The van der Waals surface area contributed by atoms with Crippen molar-refractivity contribution in [2.75, 3.05) is 18.1 Å². The number of H-pyrrole nitrogens is 1. The molecule has 0 atom stereocenters. The molecule has 108 valence electrons. The number of nitrogens with one attached hydrogen (secondary N) is 1. The van der Waals surface area contributed by atoms with Crippen molar-refractivity contribution >= 4 is 35.0 Å². The summed E-state index contributed by atoms with van der Waals surface area (Å²) in [6, 6.07) is 6.75. The number of imidazole rings is 1. The third-order valence-electron chi connectivity index (χ3n) is 3.73. The van der Waals surface area contributed by atoms with Crippen LogP contribution in [0.2, 0.25) is 0 Å². The Bertz CT molecular complexity index is 641. The lowest BCUT2D eigenvalue weighted by Gasteiger charge is -2.23. The van der Waals surface area contributed by atoms with Crippen molar-refractivity contribution in [1.29, 1.82) is 0 Å². The quantitative estimate of drug-likeness (QED) is 0.840. The van der Waals surface area contributed by atoms with Crippen LogP contribution in [0.3, 0.4) is 0 Å². The lowest BCUT2D eigenvalue weighted by atomic mass is 10.1. The van der Waals surface area contributed by atoms with Gasteiger partial charge in [0.25, 0.3) is 0 Å². The van der Waals surface area contributed by atoms with E-state index >= 15 is 0 Å². The molecule has 20 heavy (non-hydrogen) atoms. The zero-order valence-electron chi connectivity index (χ0n) is 11.7. The van der Waals surface area contributed by atoms with E-state index in [1.165, 1.54) is 29.9 Å². The van der Waals surface area contributed by atoms with E-state index in [4.69, 9.17) is 17.0 Å². The van der Waals surface area contributed by atoms with Crippen LogP contribution in [-0.4, -0.2) is 27.7 Å². The standard InChI is InChI=1S/C15H20N2OS2/c1-2-8-18-13-5-3-4-12-14(13)16-15(19)17(12)11-6-9-20-10-7-11/h3-5,11H,2,6-10H2,1H3,(H,16,19). The van der Waals surface area contributed by atoms with Crippen molar-refractivity contribution < 1.29 is 4.74 Å². The number of aromatic amines is 1. The van der Waals surface area contributed by atoms with Gasteiger partial charge in [-0.05, 0) is 55.1 Å². The number of hydrogen-bond donors (Lipinski definition) is 1. The fraction of sp³-hybridized carbons (Fsp3) is 0.533. The minimum atomic E-state index is 0.527. The molecular formula is C15H20N2OS2. The Balaban J connectivity index is 2.04. The molecule has 0 saturated carbocycles. The maximum Gasteiger partial charge on any atom is 0.178 e. The number of benzene rings is 1. The molecule has 2 heterocycles. The van der Waals surface area contributed by atoms with E-state index < -0.39 is 0 Å². The third kappa shape index (κ3) is 2.61. The number of para-hydroxylation sites is 1. The van der Waals surface area contributed by atoms with Crippen molar-refractivity contribution in [1.82, 2.24) is 9.55 Å². The molecule has 3 nitrogen and oxygen atoms in total. The maximum absolute atomic E-state index is 5.83. The first-order chi connectivity index (χ1) is 9.81. The van der Waals surface area contributed by atoms with Crippen LogP contribution in [0.15, 0.2) is 18.2 Å². The van der Waals surface area contributed by atoms with Crippen molar-refractivity contribution in [3.8, 4) is 5.75 Å². The topological polar surface area (TPSA) is 29.9 Å². The Kier molecular flexibility index (Phi) is 4.36. The highest BCUT2D eigenvalue weighted by Gasteiger charge is 2.19. The van der Waals surface area contributed by atoms with E-state index in [1.807, 2.05) is 17.8 Å². The third-order valence-corrected chi connectivity index (χ3v) is 5.08. The normalized spacial score (nSPS) is 16.6. The van der Waals surface area contributed by atoms with Gasteiger partial charge in [-0.2, -0.15) is 11.8 Å². The molecule has 1 N–H and O–H groups in total. The van der Waals surface area contributed by atoms with E-state index in [0.29, 0.717) is 6.04 Å². The van der Waals surface area contributed by atoms with Gasteiger partial charge in [0.2, 0.25) is 0 Å². The highest BCUT2D eigenvalue weighted by Crippen LogP contribution is 2.33. The summed E-state index contributed by atoms with van der Waals surface area (Å²) in [5.74, 6) is 3.37. The van der Waals surface area contributed by atoms with Crippen LogP contribution in [0, 0.1) is 4.77 Å². The van der Waals surface area contributed by atoms with Crippen molar-refractivity contribution in [3.63, 3.8) is 0 Å². The highest BCUT2D eigenvalue weighted by molar-refractivity contribution is 7.99. The molecule has 2 aromatic rings. The van der Waals surface area contributed by atoms with Gasteiger partial charge in [0.15, 0.2) is 4.77 Å². The second-order valence-electron chi connectivity index (χ2n) is 5.14. The summed E-state index contributed by atoms with van der Waals surface area (Å²) < 4.78 is 8.95. The van der Waals surface area contributed by atoms with Gasteiger partial charge in [-0.3, -0.25) is 0 Å². The van der Waals surface area contributed by atoms with Gasteiger partial charge < -0.3 is 14.3 Å². The van der Waals surface area contributed by atoms with Crippen LogP contribution < -0.4 is 4.74 Å². The van der Waals surface area contributed by atoms with Gasteiger partial charge in [-0.25, -0.2) is 0 Å². The molecule has 0 aliphatic carbocycles. The number of aromatic nitrogens is 2. The van der Waals surface area contributed by atoms with Crippen LogP contribution in [0.5, 0.6) is 5.75 Å². The van der Waals surface area contributed by atoms with Crippen LogP contribution in [0.4, 0.5) is 0 Å². The molecule has 1 aromatic heterocycles. The highest BCUT2D eigenvalue weighted by atomic mass is 32.2. The second kappa shape index (κ2) is 6.22. The SMILES string of the molecule is CCCOc1cccc2c1[nH]c(=S)n2C1CCSCC1.